The lowest BCUT2D eigenvalue weighted by molar-refractivity contribution is -0.149. The third-order valence-electron chi connectivity index (χ3n) is 27.1. The molecular formula is C93H128N22O8S. The van der Waals surface area contributed by atoms with Gasteiger partial charge in [-0.2, -0.15) is 20.4 Å². The fraction of sp³-hybridized carbons (Fsp3) is 0.559. The van der Waals surface area contributed by atoms with Crippen LogP contribution in [0.15, 0.2) is 114 Å². The van der Waals surface area contributed by atoms with Crippen LogP contribution in [0.3, 0.4) is 0 Å². The number of esters is 1. The zero-order chi connectivity index (χ0) is 86.9. The van der Waals surface area contributed by atoms with Crippen LogP contribution < -0.4 is 48.1 Å². The maximum absolute atomic E-state index is 12.5. The van der Waals surface area contributed by atoms with Gasteiger partial charge in [0.05, 0.1) is 84.9 Å². The van der Waals surface area contributed by atoms with Gasteiger partial charge in [0, 0.05) is 149 Å². The highest BCUT2D eigenvalue weighted by molar-refractivity contribution is 7.09. The Hall–Kier alpha value is -10.3. The number of benzene rings is 4. The van der Waals surface area contributed by atoms with Gasteiger partial charge in [-0.1, -0.05) is 66.4 Å². The SMILES string of the molecule is CCOC(=O)C1CCC(N2CC(NC(=O)CNc3nn(C)c4ccc(C)cc34)C2)CC1.Cc1ccc2[nH]nc(NCC(=O)NC3CN(C4CCC(n5ccccc5=O)CC4)C3)c2c1.Cc1ccc2c(c1)c(NCC(=O)NC1CN(C3CCC(C(C)C)CC3)C1)nn2C.Cc1ccc2c(c1)c(NCC(=O)NC1CN(C3CCC(O)(c4nccs4)CC3)C1)nn2C. The summed E-state index contributed by atoms with van der Waals surface area (Å²) in [5, 5.41) is 63.9. The number of pyridine rings is 1. The number of rotatable bonds is 25. The fourth-order valence-electron chi connectivity index (χ4n) is 19.8. The van der Waals surface area contributed by atoms with Crippen molar-refractivity contribution in [3.8, 4) is 0 Å². The van der Waals surface area contributed by atoms with E-state index >= 15 is 0 Å². The summed E-state index contributed by atoms with van der Waals surface area (Å²) < 4.78 is 12.5. The van der Waals surface area contributed by atoms with Crippen LogP contribution in [0, 0.1) is 45.4 Å². The molecular weight excluding hydrogens is 1590 g/mol. The number of aromatic nitrogens is 10. The number of H-pyrrole nitrogens is 1. The minimum absolute atomic E-state index is 0.00869. The molecule has 664 valence electrons. The summed E-state index contributed by atoms with van der Waals surface area (Å²) in [6.45, 7) is 23.4. The first kappa shape index (κ1) is 88.5. The minimum Gasteiger partial charge on any atom is -0.466 e. The van der Waals surface area contributed by atoms with E-state index in [1.54, 1.807) is 18.3 Å². The van der Waals surface area contributed by atoms with Crippen LogP contribution in [-0.4, -0.2) is 237 Å². The molecule has 18 rings (SSSR count). The van der Waals surface area contributed by atoms with Gasteiger partial charge in [-0.3, -0.25) is 67.5 Å². The Morgan fingerprint density at radius 1 is 0.492 bits per heavy atom. The highest BCUT2D eigenvalue weighted by Crippen LogP contribution is 2.42. The Balaban J connectivity index is 0.000000128. The molecule has 4 aliphatic heterocycles. The van der Waals surface area contributed by atoms with E-state index in [1.807, 2.05) is 89.4 Å². The molecule has 4 amide bonds. The number of hydrogen-bond acceptors (Lipinski definition) is 22. The number of ether oxygens (including phenoxy) is 1. The van der Waals surface area contributed by atoms with Gasteiger partial charge in [-0.25, -0.2) is 4.98 Å². The van der Waals surface area contributed by atoms with Gasteiger partial charge in [0.25, 0.3) is 5.56 Å². The summed E-state index contributed by atoms with van der Waals surface area (Å²) in [4.78, 5) is 87.8. The van der Waals surface area contributed by atoms with E-state index in [1.165, 1.54) is 53.7 Å². The van der Waals surface area contributed by atoms with Gasteiger partial charge in [0.1, 0.15) is 10.6 Å². The maximum Gasteiger partial charge on any atom is 0.308 e. The number of thiazole rings is 1. The average Bonchev–Trinajstić information content (AvgIpc) is 1.39. The first-order valence-electron chi connectivity index (χ1n) is 45.1. The standard InChI is InChI=1S/C24H30N6O2.C23H30N6O2S.C23H33N5O3.C23H35N5O/c1-16-5-10-21-20(12-16)24(28-27-21)25-13-22(31)26-17-14-29(15-17)18-6-8-19(9-7-18)30-11-3-2-4-23(30)32;1-15-3-4-19-18(11-15)21(27-28(19)2)25-12-20(30)26-16-13-29(14-16)17-5-7-23(31,8-6-17)22-24-9-10-32-22;1-4-31-23(30)16-6-8-18(9-7-16)28-13-17(14-28)25-21(29)12-24-22-19-11-15(2)5-10-20(19)27(3)26-22;1-15(2)17-6-8-19(9-7-17)28-13-18(14-28)25-22(29)12-24-23-20-11-16(3)5-10-21(20)27(4)26-23/h2-5,10-12,17-19H,6-9,13-15H2,1H3,(H,26,31)(H2,25,27,28);3-4,9-11,16-17,31H,5-8,12-14H2,1-2H3,(H,25,27)(H,26,30);5,10-11,16-18H,4,6-9,12-14H2,1-3H3,(H,24,26)(H,25,29);5,10-11,15,17-19H,6-9,12-14H2,1-4H3,(H,24,26)(H,25,29). The van der Waals surface area contributed by atoms with Gasteiger partial charge in [0.15, 0.2) is 23.3 Å². The lowest BCUT2D eigenvalue weighted by Crippen LogP contribution is -2.63. The smallest absolute Gasteiger partial charge is 0.308 e. The molecule has 4 aliphatic carbocycles. The van der Waals surface area contributed by atoms with E-state index in [9.17, 15) is 33.9 Å². The van der Waals surface area contributed by atoms with Gasteiger partial charge in [0.2, 0.25) is 23.6 Å². The lowest BCUT2D eigenvalue weighted by atomic mass is 9.78. The summed E-state index contributed by atoms with van der Waals surface area (Å²) in [5.41, 5.74) is 8.13. The zero-order valence-electron chi connectivity index (χ0n) is 73.9. The Morgan fingerprint density at radius 3 is 1.27 bits per heavy atom. The zero-order valence-corrected chi connectivity index (χ0v) is 74.7. The molecule has 10 heterocycles. The second-order valence-electron chi connectivity index (χ2n) is 36.5. The van der Waals surface area contributed by atoms with E-state index in [-0.39, 0.29) is 91.4 Å². The number of aryl methyl sites for hydroxylation is 7. The highest BCUT2D eigenvalue weighted by atomic mass is 32.1. The molecule has 4 saturated heterocycles. The van der Waals surface area contributed by atoms with Crippen LogP contribution in [0.4, 0.5) is 23.3 Å². The number of likely N-dealkylation sites (tertiary alicyclic amines) is 4. The predicted molar refractivity (Wildman–Crippen MR) is 488 cm³/mol. The largest absolute Gasteiger partial charge is 0.466 e. The molecule has 0 atom stereocenters. The molecule has 6 aromatic heterocycles. The molecule has 0 bridgehead atoms. The quantitative estimate of drug-likeness (QED) is 0.0238. The van der Waals surface area contributed by atoms with Crippen LogP contribution in [0.25, 0.3) is 43.6 Å². The number of anilines is 4. The first-order valence-corrected chi connectivity index (χ1v) is 46.0. The molecule has 10 aromatic rings. The molecule has 10 N–H and O–H groups in total. The van der Waals surface area contributed by atoms with Crippen molar-refractivity contribution in [2.45, 2.75) is 211 Å². The summed E-state index contributed by atoms with van der Waals surface area (Å²) in [6, 6.07) is 33.6. The molecule has 4 saturated carbocycles. The summed E-state index contributed by atoms with van der Waals surface area (Å²) in [6.07, 6.45) is 20.6. The third-order valence-corrected chi connectivity index (χ3v) is 28.1. The molecule has 0 unspecified atom stereocenters. The normalized spacial score (nSPS) is 23.0. The number of carbonyl (C=O) groups is 5. The van der Waals surface area contributed by atoms with Crippen LogP contribution in [0.5, 0.6) is 0 Å². The Labute approximate surface area is 730 Å². The number of amides is 4. The topological polar surface area (TPSA) is 341 Å². The molecule has 31 heteroatoms. The van der Waals surface area contributed by atoms with Gasteiger partial charge in [-0.15, -0.1) is 11.3 Å². The lowest BCUT2D eigenvalue weighted by Gasteiger charge is -2.47. The Bertz CT molecular complexity index is 5370. The Kier molecular flexibility index (Phi) is 28.5. The van der Waals surface area contributed by atoms with Crippen molar-refractivity contribution < 1.29 is 33.8 Å². The number of nitrogens with zero attached hydrogens (tertiary/aromatic N) is 13. The van der Waals surface area contributed by atoms with Crippen LogP contribution in [0.2, 0.25) is 0 Å². The molecule has 8 fully saturated rings. The summed E-state index contributed by atoms with van der Waals surface area (Å²) >= 11 is 1.54. The average molecular weight is 1710 g/mol. The number of fused-ring (bicyclic) bond motifs is 4. The van der Waals surface area contributed by atoms with Crippen molar-refractivity contribution in [2.75, 3.05) is 106 Å². The number of aromatic amines is 1. The fourth-order valence-corrected chi connectivity index (χ4v) is 20.6. The van der Waals surface area contributed by atoms with Crippen LogP contribution in [-0.2, 0) is 55.5 Å². The highest BCUT2D eigenvalue weighted by Gasteiger charge is 2.43. The van der Waals surface area contributed by atoms with E-state index in [0.29, 0.717) is 36.6 Å². The molecule has 30 nitrogen and oxygen atoms in total. The van der Waals surface area contributed by atoms with Crippen molar-refractivity contribution in [3.05, 3.63) is 146 Å². The van der Waals surface area contributed by atoms with Crippen LogP contribution >= 0.6 is 11.3 Å². The van der Waals surface area contributed by atoms with Crippen molar-refractivity contribution in [2.24, 2.45) is 38.9 Å². The predicted octanol–water partition coefficient (Wildman–Crippen LogP) is 10.3. The van der Waals surface area contributed by atoms with E-state index in [0.717, 1.165) is 219 Å². The first-order chi connectivity index (χ1) is 59.8. The van der Waals surface area contributed by atoms with Gasteiger partial charge < -0.3 is 56.9 Å². The minimum atomic E-state index is -0.761. The van der Waals surface area contributed by atoms with E-state index < -0.39 is 5.60 Å². The summed E-state index contributed by atoms with van der Waals surface area (Å²) in [5.74, 6) is 4.72. The second-order valence-corrected chi connectivity index (χ2v) is 37.4. The molecule has 4 aromatic carbocycles. The van der Waals surface area contributed by atoms with Crippen molar-refractivity contribution >= 4 is 108 Å². The number of hydrogen-bond donors (Lipinski definition) is 10. The monoisotopic (exact) mass is 1710 g/mol. The van der Waals surface area contributed by atoms with Crippen molar-refractivity contribution in [1.29, 1.82) is 0 Å². The van der Waals surface area contributed by atoms with Crippen molar-refractivity contribution in [1.82, 2.24) is 90.0 Å². The van der Waals surface area contributed by atoms with Gasteiger partial charge in [-0.05, 0) is 204 Å². The third kappa shape index (κ3) is 21.6. The second kappa shape index (κ2) is 39.9. The van der Waals surface area contributed by atoms with Gasteiger partial charge >= 0.3 is 5.97 Å². The number of nitrogens with one attached hydrogen (secondary N) is 9. The maximum atomic E-state index is 12.5. The van der Waals surface area contributed by atoms with Crippen LogP contribution in [0.1, 0.15) is 157 Å². The molecule has 124 heavy (non-hydrogen) atoms. The molecule has 0 spiro atoms. The number of carbonyl (C=O) groups excluding carboxylic acids is 5. The van der Waals surface area contributed by atoms with E-state index in [2.05, 4.69) is 182 Å². The molecule has 8 aliphatic rings. The van der Waals surface area contributed by atoms with E-state index in [4.69, 9.17) is 4.74 Å². The number of aliphatic hydroxyl groups is 1. The van der Waals surface area contributed by atoms with Crippen molar-refractivity contribution in [3.63, 3.8) is 0 Å². The molecule has 0 radical (unpaired) electrons. The Morgan fingerprint density at radius 2 is 0.871 bits per heavy atom. The summed E-state index contributed by atoms with van der Waals surface area (Å²) in [7, 11) is 5.75.